The quantitative estimate of drug-likeness (QED) is 0.0246. The van der Waals surface area contributed by atoms with Crippen molar-refractivity contribution in [3.05, 3.63) is 70.4 Å². The number of pyridine rings is 2. The summed E-state index contributed by atoms with van der Waals surface area (Å²) in [6, 6.07) is 11.3. The Morgan fingerprint density at radius 1 is 0.694 bits per heavy atom. The van der Waals surface area contributed by atoms with Gasteiger partial charge in [-0.1, -0.05) is 262 Å². The van der Waals surface area contributed by atoms with Crippen molar-refractivity contribution in [1.82, 2.24) is 20.3 Å². The van der Waals surface area contributed by atoms with E-state index in [2.05, 4.69) is 193 Å². The lowest BCUT2D eigenvalue weighted by Crippen LogP contribution is -2.47. The molecule has 2 aliphatic heterocycles. The number of nitrogens with zero attached hydrogens (tertiary/aromatic N) is 3. The predicted octanol–water partition coefficient (Wildman–Crippen LogP) is 23.4. The molecule has 13 atom stereocenters. The molecule has 3 aromatic heterocycles. The lowest BCUT2D eigenvalue weighted by molar-refractivity contribution is -0.143. The summed E-state index contributed by atoms with van der Waals surface area (Å²) in [6.07, 6.45) is 5.40. The van der Waals surface area contributed by atoms with Gasteiger partial charge in [0.15, 0.2) is 0 Å². The van der Waals surface area contributed by atoms with Gasteiger partial charge in [-0.05, 0) is 165 Å². The number of aromatic nitrogens is 3. The highest BCUT2D eigenvalue weighted by Gasteiger charge is 2.53. The maximum atomic E-state index is 13.2. The minimum Gasteiger partial charge on any atom is -0.450 e. The average Bonchev–Trinajstić information content (AvgIpc) is 1.61. The van der Waals surface area contributed by atoms with Crippen LogP contribution in [0.5, 0.6) is 0 Å². The number of rotatable bonds is 19. The van der Waals surface area contributed by atoms with E-state index in [9.17, 15) is 34.5 Å². The Kier molecular flexibility index (Phi) is 49.3. The van der Waals surface area contributed by atoms with Gasteiger partial charge >= 0.3 is 11.6 Å². The van der Waals surface area contributed by atoms with Gasteiger partial charge in [0.25, 0.3) is 0 Å². The molecule has 16 nitrogen and oxygen atoms in total. The van der Waals surface area contributed by atoms with Crippen LogP contribution in [0.15, 0.2) is 69.8 Å². The first-order valence-corrected chi connectivity index (χ1v) is 45.2. The van der Waals surface area contributed by atoms with Crippen LogP contribution in [0.25, 0.3) is 6.08 Å². The lowest BCUT2D eigenvalue weighted by atomic mass is 9.69. The number of hydrogen-bond donors (Lipinski definition) is 5. The Morgan fingerprint density at radius 3 is 1.50 bits per heavy atom. The van der Waals surface area contributed by atoms with Crippen molar-refractivity contribution in [2.75, 3.05) is 24.7 Å². The number of aliphatic hydroxyl groups is 4. The summed E-state index contributed by atoms with van der Waals surface area (Å²) >= 11 is 6.98. The molecule has 0 radical (unpaired) electrons. The minimum absolute atomic E-state index is 0.0170. The number of carbonyl (C=O) groups is 4. The number of ether oxygens (including phenoxy) is 4. The molecule has 5 N–H and O–H groups in total. The summed E-state index contributed by atoms with van der Waals surface area (Å²) in [5.41, 5.74) is 0.305. The molecule has 1 amide bonds. The zero-order chi connectivity index (χ0) is 84.5. The van der Waals surface area contributed by atoms with Crippen LogP contribution in [0.3, 0.4) is 0 Å². The van der Waals surface area contributed by atoms with Gasteiger partial charge in [-0.25, -0.2) is 24.5 Å². The van der Waals surface area contributed by atoms with Gasteiger partial charge in [0, 0.05) is 53.2 Å². The molecule has 5 heterocycles. The first kappa shape index (κ1) is 107. The van der Waals surface area contributed by atoms with E-state index in [1.54, 1.807) is 87.7 Å². The minimum atomic E-state index is -1.17. The van der Waals surface area contributed by atoms with Crippen LogP contribution in [-0.4, -0.2) is 132 Å². The molecule has 2 saturated heterocycles. The van der Waals surface area contributed by atoms with Crippen molar-refractivity contribution in [1.29, 1.82) is 0 Å². The first-order valence-electron chi connectivity index (χ1n) is 39.3. The first-order chi connectivity index (χ1) is 49.4. The van der Waals surface area contributed by atoms with E-state index in [1.165, 1.54) is 0 Å². The van der Waals surface area contributed by atoms with Crippen molar-refractivity contribution in [2.24, 2.45) is 85.2 Å². The summed E-state index contributed by atoms with van der Waals surface area (Å²) in [4.78, 5) is 62.5. The molecule has 0 bridgehead atoms. The molecule has 2 aliphatic rings. The highest BCUT2D eigenvalue weighted by Crippen LogP contribution is 2.46. The van der Waals surface area contributed by atoms with E-state index in [-0.39, 0.29) is 123 Å². The van der Waals surface area contributed by atoms with Crippen LogP contribution in [0.1, 0.15) is 278 Å². The van der Waals surface area contributed by atoms with Gasteiger partial charge in [0.05, 0.1) is 65.2 Å². The maximum absolute atomic E-state index is 13.2. The van der Waals surface area contributed by atoms with E-state index >= 15 is 0 Å². The molecular formula is C86H153ClN4O12S5. The highest BCUT2D eigenvalue weighted by atomic mass is 35.5. The molecule has 0 aliphatic carbocycles. The monoisotopic (exact) mass is 1630 g/mol. The van der Waals surface area contributed by atoms with Crippen LogP contribution < -0.4 is 5.32 Å². The van der Waals surface area contributed by atoms with E-state index in [0.717, 1.165) is 51.3 Å². The second kappa shape index (κ2) is 49.7. The molecular weight excluding hydrogens is 1480 g/mol. The van der Waals surface area contributed by atoms with Gasteiger partial charge in [-0.15, -0.1) is 11.3 Å². The number of fused-ring (bicyclic) bond motifs is 1. The van der Waals surface area contributed by atoms with Crippen LogP contribution in [-0.2, 0) is 28.5 Å². The van der Waals surface area contributed by atoms with Crippen molar-refractivity contribution < 1.29 is 58.6 Å². The molecule has 0 saturated carbocycles. The number of ketones is 1. The maximum Gasteiger partial charge on any atom is 0.508 e. The number of hydrogen-bond acceptors (Lipinski definition) is 20. The van der Waals surface area contributed by atoms with Gasteiger partial charge in [0.2, 0.25) is 5.91 Å². The topological polar surface area (TPSA) is 240 Å². The van der Waals surface area contributed by atoms with Gasteiger partial charge in [-0.2, -0.15) is 0 Å². The summed E-state index contributed by atoms with van der Waals surface area (Å²) in [5.74, 6) is 1.79. The third-order valence-electron chi connectivity index (χ3n) is 21.8. The number of amides is 1. The molecule has 2 fully saturated rings. The number of halogens is 1. The standard InChI is InChI=1S/C27H42N2O5S.C21H35NO3S2.C14H27ClO2.C13H28O.C7H9NOS2.2C2H6/c1-15-9-8-10-27(7)22(34-27)12-20(16(2)11-19-14-35-18(4)28-19)29-23(31)13-21(30)26(5,6)25(33)17(3)24(15)32;1-15(20(3,4)5)18(16(2)21(6,7)8)25-19(23)24-13-14-26-27-17-11-9-10-12-22-17;1-9(13(3,4)5)11(17-12(15)16)10(2)14(6,7)8;1-9(12(3,4)5)11(14)10(2)13(6,7)8;9-5-6-10-11-7-3-1-2-4-8-7;2*1-2/h11,14-15,17,20-22,24,30,32H,8-10,12-13H2,1-7H3,(H,29,31);9-12,15-16,18H,13-14H2,1-8H3;9-11H,1-8H3;9-11,14H,1-8H3;1-4,9H,5-6H2;2*1-2H3/b16-11+;;;;;;/t15-,17+,20?,21-,22-,24-,27+;15-,16-;2*9-,10-;;;/m0111.../s1. The van der Waals surface area contributed by atoms with E-state index < -0.39 is 35.1 Å². The molecule has 5 rings (SSSR count). The fourth-order valence-corrected chi connectivity index (χ4v) is 15.4. The summed E-state index contributed by atoms with van der Waals surface area (Å²) in [5, 5.41) is 48.5. The van der Waals surface area contributed by atoms with Crippen LogP contribution in [0, 0.1) is 92.2 Å². The average molecular weight is 1630 g/mol. The zero-order valence-electron chi connectivity index (χ0n) is 73.6. The number of aliphatic hydroxyl groups excluding tert-OH is 4. The van der Waals surface area contributed by atoms with Crippen molar-refractivity contribution in [3.8, 4) is 0 Å². The summed E-state index contributed by atoms with van der Waals surface area (Å²) in [6.45, 7) is 73.6. The molecule has 108 heavy (non-hydrogen) atoms. The number of epoxide rings is 1. The van der Waals surface area contributed by atoms with Gasteiger partial charge in [-0.3, -0.25) is 9.59 Å². The van der Waals surface area contributed by atoms with Crippen molar-refractivity contribution in [2.45, 2.75) is 333 Å². The normalized spacial score (nSPS) is 22.0. The molecule has 0 spiro atoms. The number of carbonyl (C=O) groups excluding carboxylic acids is 4. The lowest BCUT2D eigenvalue weighted by Gasteiger charge is -2.41. The summed E-state index contributed by atoms with van der Waals surface area (Å²) < 4.78 is 22.6. The largest absolute Gasteiger partial charge is 0.508 e. The highest BCUT2D eigenvalue weighted by molar-refractivity contribution is 8.77. The molecule has 0 aromatic carbocycles. The number of Topliss-reactive ketones (excluding diaryl/α,β-unsaturated/α-hetero) is 1. The van der Waals surface area contributed by atoms with Crippen molar-refractivity contribution >= 4 is 95.5 Å². The second-order valence-corrected chi connectivity index (χ2v) is 42.4. The smallest absolute Gasteiger partial charge is 0.450 e. The Hall–Kier alpha value is -2.96. The predicted molar refractivity (Wildman–Crippen MR) is 463 cm³/mol. The SMILES string of the molecule is C/C(=C\c1csc(C)n1)C1C[C@@H]2O[C@]2(C)CCC[C@H](C)[C@H](O)[C@@H](C)C(=O)C(C)(C)[C@@H](O)CC(=O)N1.CC.CC.C[C@H](C(O)[C@@H](C)C(C)(C)C)C(C)(C)C.C[C@H](C(OC(=O)Cl)[C@@H](C)C(C)(C)C)C(C)(C)C.C[C@H](C(OC(=O)OCCSSc1ccccn1)[C@@H](C)C(C)(C)C)C(C)(C)C.OCCSSc1ccccn1. The van der Waals surface area contributed by atoms with E-state index in [0.29, 0.717) is 30.6 Å². The molecule has 1 unspecified atom stereocenters. The summed E-state index contributed by atoms with van der Waals surface area (Å²) in [7, 11) is 6.39. The fourth-order valence-electron chi connectivity index (χ4n) is 11.3. The Morgan fingerprint density at radius 2 is 1.12 bits per heavy atom. The Balaban J connectivity index is 0. The van der Waals surface area contributed by atoms with Crippen LogP contribution >= 0.6 is 66.1 Å². The third-order valence-corrected chi connectivity index (χ3v) is 27.2. The van der Waals surface area contributed by atoms with Gasteiger partial charge < -0.3 is 44.7 Å². The number of nitrogens with one attached hydrogen (secondary N) is 1. The third kappa shape index (κ3) is 40.4. The van der Waals surface area contributed by atoms with Crippen LogP contribution in [0.4, 0.5) is 9.59 Å². The van der Waals surface area contributed by atoms with E-state index in [4.69, 9.17) is 35.7 Å². The van der Waals surface area contributed by atoms with E-state index in [1.807, 2.05) is 96.3 Å². The zero-order valence-corrected chi connectivity index (χ0v) is 78.5. The fraction of sp³-hybridized carbons (Fsp3) is 0.779. The Labute approximate surface area is 682 Å². The molecule has 22 heteroatoms. The Bertz CT molecular complexity index is 2950. The van der Waals surface area contributed by atoms with Crippen molar-refractivity contribution in [3.63, 3.8) is 0 Å². The molecule has 626 valence electrons. The van der Waals surface area contributed by atoms with Gasteiger partial charge in [0.1, 0.15) is 34.6 Å². The second-order valence-electron chi connectivity index (χ2n) is 36.2. The number of thiazole rings is 1. The van der Waals surface area contributed by atoms with Crippen LogP contribution in [0.2, 0.25) is 0 Å². The molecule has 3 aromatic rings. The number of aryl methyl sites for hydroxylation is 1.